The van der Waals surface area contributed by atoms with Crippen LogP contribution in [0.15, 0.2) is 102 Å². The lowest BCUT2D eigenvalue weighted by atomic mass is 10.0. The van der Waals surface area contributed by atoms with Crippen molar-refractivity contribution < 1.29 is 26.3 Å². The van der Waals surface area contributed by atoms with Crippen LogP contribution in [0.2, 0.25) is 0 Å². The number of anilines is 1. The lowest BCUT2D eigenvalue weighted by molar-refractivity contribution is -0.138. The summed E-state index contributed by atoms with van der Waals surface area (Å²) in [6, 6.07) is 23.4. The van der Waals surface area contributed by atoms with Crippen LogP contribution in [-0.4, -0.2) is 16.7 Å². The highest BCUT2D eigenvalue weighted by Crippen LogP contribution is 2.34. The zero-order valence-electron chi connectivity index (χ0n) is 25.1. The van der Waals surface area contributed by atoms with Gasteiger partial charge in [-0.25, -0.2) is 0 Å². The molecule has 0 fully saturated rings. The summed E-state index contributed by atoms with van der Waals surface area (Å²) in [5.41, 5.74) is 8.14. The predicted octanol–water partition coefficient (Wildman–Crippen LogP) is 11.2. The normalized spacial score (nSPS) is 13.7. The largest absolute Gasteiger partial charge is 0.416 e. The highest BCUT2D eigenvalue weighted by molar-refractivity contribution is 9.10. The van der Waals surface area contributed by atoms with Gasteiger partial charge in [0.05, 0.1) is 17.3 Å². The average Bonchev–Trinajstić information content (AvgIpc) is 3.83. The minimum absolute atomic E-state index is 0.575. The fraction of sp³-hybridized carbons (Fsp3) is 0.250. The van der Waals surface area contributed by atoms with Crippen LogP contribution in [0.1, 0.15) is 45.4 Å². The van der Waals surface area contributed by atoms with Crippen LogP contribution in [0.4, 0.5) is 32.0 Å². The van der Waals surface area contributed by atoms with Gasteiger partial charge < -0.3 is 4.90 Å². The molecule has 0 amide bonds. The Balaban J connectivity index is 0.000000163. The van der Waals surface area contributed by atoms with E-state index in [0.717, 1.165) is 65.2 Å². The molecule has 0 bridgehead atoms. The summed E-state index contributed by atoms with van der Waals surface area (Å²) in [6.07, 6.45) is -0.0504. The van der Waals surface area contributed by atoms with Gasteiger partial charge in [-0.05, 0) is 108 Å². The maximum Gasteiger partial charge on any atom is 0.416 e. The van der Waals surface area contributed by atoms with Gasteiger partial charge >= 0.3 is 12.4 Å². The SMILES string of the molecule is Brc1ccc2c(c1)CCC2.FC(F)(F)c1ccc(CBr)cc1.FC(F)(F)c1ccc(CN2CCc3cc(-c4cn[nH]c4)ccc32)cc1. The Morgan fingerprint density at radius 1 is 0.681 bits per heavy atom. The van der Waals surface area contributed by atoms with Crippen LogP contribution in [0.25, 0.3) is 11.1 Å². The van der Waals surface area contributed by atoms with Gasteiger partial charge in [-0.2, -0.15) is 31.4 Å². The Bertz CT molecular complexity index is 1750. The van der Waals surface area contributed by atoms with Crippen molar-refractivity contribution in [2.75, 3.05) is 11.4 Å². The number of H-pyrrole nitrogens is 1. The van der Waals surface area contributed by atoms with Crippen LogP contribution in [0.3, 0.4) is 0 Å². The summed E-state index contributed by atoms with van der Waals surface area (Å²) >= 11 is 6.62. The number of rotatable bonds is 4. The van der Waals surface area contributed by atoms with Gasteiger partial charge in [0.15, 0.2) is 0 Å². The molecule has 1 aromatic heterocycles. The number of halogens is 8. The number of hydrogen-bond acceptors (Lipinski definition) is 2. The zero-order chi connectivity index (χ0) is 33.6. The van der Waals surface area contributed by atoms with Crippen molar-refractivity contribution in [1.82, 2.24) is 10.2 Å². The molecule has 1 aliphatic heterocycles. The fourth-order valence-corrected chi connectivity index (χ4v) is 6.35. The molecule has 0 spiro atoms. The molecule has 0 atom stereocenters. The number of aromatic nitrogens is 2. The number of aromatic amines is 1. The van der Waals surface area contributed by atoms with E-state index < -0.39 is 23.5 Å². The zero-order valence-corrected chi connectivity index (χ0v) is 28.3. The van der Waals surface area contributed by atoms with E-state index >= 15 is 0 Å². The fourth-order valence-electron chi connectivity index (χ4n) is 5.57. The molecule has 1 N–H and O–H groups in total. The topological polar surface area (TPSA) is 31.9 Å². The molecule has 47 heavy (non-hydrogen) atoms. The van der Waals surface area contributed by atoms with Gasteiger partial charge in [-0.15, -0.1) is 0 Å². The molecule has 7 rings (SSSR count). The summed E-state index contributed by atoms with van der Waals surface area (Å²) in [7, 11) is 0. The monoisotopic (exact) mass is 777 g/mol. The second-order valence-electron chi connectivity index (χ2n) is 11.3. The molecule has 246 valence electrons. The third-order valence-corrected chi connectivity index (χ3v) is 9.19. The van der Waals surface area contributed by atoms with Gasteiger partial charge in [0.25, 0.3) is 0 Å². The number of hydrogen-bond donors (Lipinski definition) is 1. The lowest BCUT2D eigenvalue weighted by Crippen LogP contribution is -2.19. The van der Waals surface area contributed by atoms with Gasteiger partial charge in [0.1, 0.15) is 0 Å². The van der Waals surface area contributed by atoms with Gasteiger partial charge in [-0.1, -0.05) is 68.3 Å². The molecule has 1 aliphatic carbocycles. The molecule has 2 heterocycles. The van der Waals surface area contributed by atoms with Crippen molar-refractivity contribution in [3.63, 3.8) is 0 Å². The van der Waals surface area contributed by atoms with Crippen LogP contribution >= 0.6 is 31.9 Å². The second-order valence-corrected chi connectivity index (χ2v) is 12.8. The molecular weight excluding hydrogens is 748 g/mol. The number of fused-ring (bicyclic) bond motifs is 2. The molecule has 0 saturated carbocycles. The molecule has 3 nitrogen and oxygen atoms in total. The molecule has 0 radical (unpaired) electrons. The summed E-state index contributed by atoms with van der Waals surface area (Å²) in [6.45, 7) is 1.47. The van der Waals surface area contributed by atoms with Gasteiger partial charge in [0.2, 0.25) is 0 Å². The minimum Gasteiger partial charge on any atom is -0.367 e. The molecule has 0 saturated heterocycles. The number of alkyl halides is 7. The van der Waals surface area contributed by atoms with E-state index in [1.54, 1.807) is 23.9 Å². The highest BCUT2D eigenvalue weighted by Gasteiger charge is 2.31. The quantitative estimate of drug-likeness (QED) is 0.146. The summed E-state index contributed by atoms with van der Waals surface area (Å²) in [5, 5.41) is 7.36. The molecule has 4 aromatic carbocycles. The first-order valence-electron chi connectivity index (χ1n) is 14.9. The average molecular weight is 779 g/mol. The molecule has 11 heteroatoms. The summed E-state index contributed by atoms with van der Waals surface area (Å²) < 4.78 is 75.2. The Labute approximate surface area is 286 Å². The Morgan fingerprint density at radius 3 is 1.91 bits per heavy atom. The standard InChI is InChI=1S/C19H16F3N3.C9H9Br.C8H6BrF3/c20-19(21,22)17-4-1-13(2-5-17)12-25-8-7-15-9-14(3-6-18(15)25)16-10-23-24-11-16;10-9-5-4-7-2-1-3-8(7)6-9;9-5-6-1-3-7(4-2-6)8(10,11)12/h1-6,9-11H,7-8,12H2,(H,23,24);4-6H,1-3H2;1-4H,5H2. The first-order chi connectivity index (χ1) is 22.4. The Morgan fingerprint density at radius 2 is 1.32 bits per heavy atom. The number of aryl methyl sites for hydroxylation is 2. The molecule has 0 unspecified atom stereocenters. The number of nitrogens with zero attached hydrogens (tertiary/aromatic N) is 2. The van der Waals surface area contributed by atoms with Crippen molar-refractivity contribution in [2.24, 2.45) is 0 Å². The van der Waals surface area contributed by atoms with E-state index in [9.17, 15) is 26.3 Å². The van der Waals surface area contributed by atoms with Crippen LogP contribution in [0, 0.1) is 0 Å². The van der Waals surface area contributed by atoms with Gasteiger partial charge in [0, 0.05) is 40.3 Å². The summed E-state index contributed by atoms with van der Waals surface area (Å²) in [4.78, 5) is 2.21. The third kappa shape index (κ3) is 9.28. The van der Waals surface area contributed by atoms with E-state index in [2.05, 4.69) is 83.4 Å². The lowest BCUT2D eigenvalue weighted by Gasteiger charge is -2.20. The Kier molecular flexibility index (Phi) is 11.2. The highest BCUT2D eigenvalue weighted by atomic mass is 79.9. The number of nitrogens with one attached hydrogen (secondary N) is 1. The minimum atomic E-state index is -4.29. The smallest absolute Gasteiger partial charge is 0.367 e. The molecule has 2 aliphatic rings. The van der Waals surface area contributed by atoms with Crippen molar-refractivity contribution in [2.45, 2.75) is 49.9 Å². The first kappa shape index (κ1) is 34.8. The van der Waals surface area contributed by atoms with E-state index in [-0.39, 0.29) is 0 Å². The molecular formula is C36H31Br2F6N3. The van der Waals surface area contributed by atoms with E-state index in [4.69, 9.17) is 0 Å². The molecule has 5 aromatic rings. The summed E-state index contributed by atoms with van der Waals surface area (Å²) in [5.74, 6) is 0. The maximum absolute atomic E-state index is 12.7. The van der Waals surface area contributed by atoms with Crippen LogP contribution in [-0.2, 0) is 43.5 Å². The van der Waals surface area contributed by atoms with Gasteiger partial charge in [-0.3, -0.25) is 5.10 Å². The predicted molar refractivity (Wildman–Crippen MR) is 180 cm³/mol. The third-order valence-electron chi connectivity index (χ3n) is 8.05. The van der Waals surface area contributed by atoms with E-state index in [1.807, 2.05) is 6.20 Å². The number of benzene rings is 4. The second kappa shape index (κ2) is 15.1. The van der Waals surface area contributed by atoms with E-state index in [1.165, 1.54) is 47.0 Å². The van der Waals surface area contributed by atoms with Crippen molar-refractivity contribution in [3.8, 4) is 11.1 Å². The van der Waals surface area contributed by atoms with E-state index in [0.29, 0.717) is 11.9 Å². The van der Waals surface area contributed by atoms with Crippen molar-refractivity contribution >= 4 is 37.5 Å². The van der Waals surface area contributed by atoms with Crippen molar-refractivity contribution in [1.29, 1.82) is 0 Å². The first-order valence-corrected chi connectivity index (χ1v) is 16.8. The van der Waals surface area contributed by atoms with Crippen LogP contribution in [0.5, 0.6) is 0 Å². The van der Waals surface area contributed by atoms with Crippen molar-refractivity contribution in [3.05, 3.63) is 141 Å². The van der Waals surface area contributed by atoms with Crippen LogP contribution < -0.4 is 4.90 Å². The maximum atomic E-state index is 12.7. The Hall–Kier alpha value is -3.57.